The van der Waals surface area contributed by atoms with E-state index in [1.165, 1.54) is 70.6 Å². The minimum absolute atomic E-state index is 0.0552. The van der Waals surface area contributed by atoms with Crippen LogP contribution in [-0.2, 0) is 14.3 Å². The number of aliphatic hydroxyl groups excluding tert-OH is 2. The molecule has 0 aromatic carbocycles. The molecular weight excluding hydrogens is 683 g/mol. The Bertz CT molecular complexity index is 999. The lowest BCUT2D eigenvalue weighted by molar-refractivity contribution is -0.151. The van der Waals surface area contributed by atoms with Gasteiger partial charge in [0.2, 0.25) is 5.91 Å². The molecule has 0 saturated heterocycles. The third-order valence-corrected chi connectivity index (χ3v) is 10.2. The van der Waals surface area contributed by atoms with E-state index in [4.69, 9.17) is 4.74 Å². The molecule has 0 radical (unpaired) electrons. The number of rotatable bonds is 40. The molecule has 0 bridgehead atoms. The summed E-state index contributed by atoms with van der Waals surface area (Å²) in [6, 6.07) is -0.710. The molecule has 318 valence electrons. The monoisotopic (exact) mass is 770 g/mol. The molecule has 0 aliphatic heterocycles. The van der Waals surface area contributed by atoms with Gasteiger partial charge in [-0.3, -0.25) is 9.59 Å². The van der Waals surface area contributed by atoms with Crippen molar-refractivity contribution in [2.75, 3.05) is 6.61 Å². The zero-order valence-corrected chi connectivity index (χ0v) is 36.0. The van der Waals surface area contributed by atoms with Crippen molar-refractivity contribution in [3.8, 4) is 0 Å². The fraction of sp³-hybridized carbons (Fsp3) is 0.755. The van der Waals surface area contributed by atoms with Crippen molar-refractivity contribution in [1.82, 2.24) is 5.32 Å². The third kappa shape index (κ3) is 38.2. The number of carbonyl (C=O) groups is 2. The first-order valence-electron chi connectivity index (χ1n) is 23.1. The van der Waals surface area contributed by atoms with Crippen LogP contribution in [0.5, 0.6) is 0 Å². The van der Waals surface area contributed by atoms with Crippen molar-refractivity contribution in [2.24, 2.45) is 0 Å². The molecule has 0 aliphatic carbocycles. The quantitative estimate of drug-likeness (QED) is 0.0250. The molecule has 0 aromatic heterocycles. The molecule has 0 fully saturated rings. The van der Waals surface area contributed by atoms with E-state index in [1.807, 2.05) is 18.2 Å². The first kappa shape index (κ1) is 52.6. The van der Waals surface area contributed by atoms with Crippen LogP contribution in [0.1, 0.15) is 213 Å². The zero-order valence-electron chi connectivity index (χ0n) is 36.0. The molecule has 0 saturated carbocycles. The van der Waals surface area contributed by atoms with Crippen molar-refractivity contribution in [1.29, 1.82) is 0 Å². The van der Waals surface area contributed by atoms with Gasteiger partial charge in [0.1, 0.15) is 6.10 Å². The van der Waals surface area contributed by atoms with Crippen LogP contribution in [0.25, 0.3) is 0 Å². The molecule has 3 unspecified atom stereocenters. The molecule has 0 spiro atoms. The van der Waals surface area contributed by atoms with Crippen LogP contribution in [0.2, 0.25) is 0 Å². The van der Waals surface area contributed by atoms with Crippen molar-refractivity contribution in [3.05, 3.63) is 60.8 Å². The lowest BCUT2D eigenvalue weighted by Gasteiger charge is -2.24. The topological polar surface area (TPSA) is 95.9 Å². The highest BCUT2D eigenvalue weighted by atomic mass is 16.5. The van der Waals surface area contributed by atoms with Gasteiger partial charge in [-0.15, -0.1) is 0 Å². The molecule has 1 amide bonds. The zero-order chi connectivity index (χ0) is 40.3. The van der Waals surface area contributed by atoms with E-state index in [0.29, 0.717) is 19.3 Å². The van der Waals surface area contributed by atoms with Crippen molar-refractivity contribution in [2.45, 2.75) is 232 Å². The van der Waals surface area contributed by atoms with E-state index in [2.05, 4.69) is 68.6 Å². The van der Waals surface area contributed by atoms with Crippen LogP contribution >= 0.6 is 0 Å². The predicted octanol–water partition coefficient (Wildman–Crippen LogP) is 13.3. The number of esters is 1. The largest absolute Gasteiger partial charge is 0.462 e. The van der Waals surface area contributed by atoms with Crippen LogP contribution in [0, 0.1) is 0 Å². The maximum Gasteiger partial charge on any atom is 0.306 e. The maximum absolute atomic E-state index is 13.1. The summed E-state index contributed by atoms with van der Waals surface area (Å²) < 4.78 is 5.88. The van der Waals surface area contributed by atoms with Crippen LogP contribution in [0.3, 0.4) is 0 Å². The second-order valence-electron chi connectivity index (χ2n) is 15.5. The molecule has 0 aromatic rings. The fourth-order valence-electron chi connectivity index (χ4n) is 6.67. The van der Waals surface area contributed by atoms with E-state index in [9.17, 15) is 19.8 Å². The Hall–Kier alpha value is -2.44. The number of allylic oxidation sites excluding steroid dienone is 10. The third-order valence-electron chi connectivity index (χ3n) is 10.2. The predicted molar refractivity (Wildman–Crippen MR) is 236 cm³/mol. The summed E-state index contributed by atoms with van der Waals surface area (Å²) in [5, 5.41) is 23.6. The van der Waals surface area contributed by atoms with Crippen molar-refractivity contribution >= 4 is 11.9 Å². The number of carbonyl (C=O) groups excluding carboxylic acids is 2. The van der Waals surface area contributed by atoms with E-state index < -0.39 is 18.2 Å². The molecule has 6 heteroatoms. The van der Waals surface area contributed by atoms with E-state index >= 15 is 0 Å². The standard InChI is InChI=1S/C49H87NO5/c1-4-7-10-13-16-19-22-23-24-25-27-30-33-36-39-42-49(54)55-45(40-37-34-31-28-21-18-15-12-9-6-3)43-48(53)50-46(44-51)47(52)41-38-35-32-29-26-20-17-14-11-8-5-2/h7,10,13,16,18-19,21-24,45-47,51-52H,4-6,8-9,11-12,14-15,17,20,25-44H2,1-3H3,(H,50,53)/b10-7+,16-13+,21-18-,22-19+,24-23-. The van der Waals surface area contributed by atoms with Gasteiger partial charge >= 0.3 is 5.97 Å². The Kier molecular flexibility index (Phi) is 40.8. The number of unbranched alkanes of at least 4 members (excludes halogenated alkanes) is 21. The van der Waals surface area contributed by atoms with E-state index in [-0.39, 0.29) is 24.9 Å². The average molecular weight is 770 g/mol. The van der Waals surface area contributed by atoms with Gasteiger partial charge in [0.05, 0.1) is 25.2 Å². The average Bonchev–Trinajstić information content (AvgIpc) is 3.18. The molecule has 0 rings (SSSR count). The number of amides is 1. The minimum atomic E-state index is -0.795. The van der Waals surface area contributed by atoms with Gasteiger partial charge in [-0.05, 0) is 70.6 Å². The Morgan fingerprint density at radius 2 is 1.00 bits per heavy atom. The maximum atomic E-state index is 13.1. The number of hydrogen-bond donors (Lipinski definition) is 3. The van der Waals surface area contributed by atoms with E-state index in [1.54, 1.807) is 0 Å². The summed E-state index contributed by atoms with van der Waals surface area (Å²) in [7, 11) is 0. The van der Waals surface area contributed by atoms with Gasteiger partial charge in [-0.2, -0.15) is 0 Å². The summed E-state index contributed by atoms with van der Waals surface area (Å²) in [6.07, 6.45) is 51.3. The Labute approximate surface area is 339 Å². The van der Waals surface area contributed by atoms with Crippen LogP contribution in [-0.4, -0.2) is 46.9 Å². The van der Waals surface area contributed by atoms with Crippen LogP contribution < -0.4 is 5.32 Å². The second-order valence-corrected chi connectivity index (χ2v) is 15.5. The van der Waals surface area contributed by atoms with Gasteiger partial charge in [-0.1, -0.05) is 191 Å². The second kappa shape index (κ2) is 42.7. The lowest BCUT2D eigenvalue weighted by Crippen LogP contribution is -2.46. The highest BCUT2D eigenvalue weighted by Gasteiger charge is 2.24. The van der Waals surface area contributed by atoms with Crippen molar-refractivity contribution in [3.63, 3.8) is 0 Å². The SMILES string of the molecule is CC/C=C/C=C/C=C/C=C\CCCCCCCC(=O)OC(CCCCC/C=C\CCCCC)CC(=O)NC(CO)C(O)CCCCCCCCCCCCC. The Morgan fingerprint density at radius 3 is 1.60 bits per heavy atom. The van der Waals surface area contributed by atoms with Crippen LogP contribution in [0.4, 0.5) is 0 Å². The molecular formula is C49H87NO5. The van der Waals surface area contributed by atoms with Gasteiger partial charge < -0.3 is 20.3 Å². The first-order chi connectivity index (χ1) is 27.0. The molecule has 0 heterocycles. The van der Waals surface area contributed by atoms with Crippen LogP contribution in [0.15, 0.2) is 60.8 Å². The Morgan fingerprint density at radius 1 is 0.545 bits per heavy atom. The number of aliphatic hydroxyl groups is 2. The summed E-state index contributed by atoms with van der Waals surface area (Å²) in [6.45, 7) is 6.28. The molecule has 3 atom stereocenters. The summed E-state index contributed by atoms with van der Waals surface area (Å²) in [4.78, 5) is 26.0. The fourth-order valence-corrected chi connectivity index (χ4v) is 6.67. The highest BCUT2D eigenvalue weighted by molar-refractivity contribution is 5.77. The van der Waals surface area contributed by atoms with Gasteiger partial charge in [0.25, 0.3) is 0 Å². The lowest BCUT2D eigenvalue weighted by atomic mass is 10.0. The number of ether oxygens (including phenoxy) is 1. The summed E-state index contributed by atoms with van der Waals surface area (Å²) in [5.74, 6) is -0.521. The van der Waals surface area contributed by atoms with Gasteiger partial charge in [0.15, 0.2) is 0 Å². The minimum Gasteiger partial charge on any atom is -0.462 e. The molecule has 6 nitrogen and oxygen atoms in total. The number of nitrogens with one attached hydrogen (secondary N) is 1. The molecule has 3 N–H and O–H groups in total. The van der Waals surface area contributed by atoms with E-state index in [0.717, 1.165) is 96.3 Å². The number of hydrogen-bond acceptors (Lipinski definition) is 5. The smallest absolute Gasteiger partial charge is 0.306 e. The van der Waals surface area contributed by atoms with Gasteiger partial charge in [0, 0.05) is 6.42 Å². The highest BCUT2D eigenvalue weighted by Crippen LogP contribution is 2.17. The normalized spacial score (nSPS) is 13.9. The Balaban J connectivity index is 4.62. The summed E-state index contributed by atoms with van der Waals surface area (Å²) in [5.41, 5.74) is 0. The van der Waals surface area contributed by atoms with Gasteiger partial charge in [-0.25, -0.2) is 0 Å². The van der Waals surface area contributed by atoms with Crippen molar-refractivity contribution < 1.29 is 24.5 Å². The molecule has 0 aliphatic rings. The molecule has 55 heavy (non-hydrogen) atoms. The first-order valence-corrected chi connectivity index (χ1v) is 23.1. The summed E-state index contributed by atoms with van der Waals surface area (Å²) >= 11 is 0.